The van der Waals surface area contributed by atoms with Crippen molar-refractivity contribution in [1.29, 1.82) is 0 Å². The van der Waals surface area contributed by atoms with Crippen LogP contribution >= 0.6 is 35.7 Å². The number of hydrogen-bond acceptors (Lipinski definition) is 2. The maximum Gasteiger partial charge on any atom is 0.193 e. The van der Waals surface area contributed by atoms with Crippen LogP contribution in [0.25, 0.3) is 0 Å². The van der Waals surface area contributed by atoms with Crippen molar-refractivity contribution in [3.8, 4) is 0 Å². The van der Waals surface area contributed by atoms with E-state index >= 15 is 0 Å². The summed E-state index contributed by atoms with van der Waals surface area (Å²) in [5, 5.41) is 3.48. The Morgan fingerprint density at radius 3 is 2.79 bits per heavy atom. The summed E-state index contributed by atoms with van der Waals surface area (Å²) in [5.41, 5.74) is 0. The highest BCUT2D eigenvalue weighted by molar-refractivity contribution is 14.0. The summed E-state index contributed by atoms with van der Waals surface area (Å²) in [7, 11) is 1.90. The Kier molecular flexibility index (Phi) is 11.3. The maximum atomic E-state index is 4.41. The van der Waals surface area contributed by atoms with E-state index in [9.17, 15) is 0 Å². The molecule has 0 aromatic carbocycles. The smallest absolute Gasteiger partial charge is 0.193 e. The summed E-state index contributed by atoms with van der Waals surface area (Å²) in [6.07, 6.45) is 6.04. The molecule has 1 atom stereocenters. The van der Waals surface area contributed by atoms with E-state index < -0.39 is 0 Å². The molecule has 1 rings (SSSR count). The Hall–Kier alpha value is 0.350. The van der Waals surface area contributed by atoms with Crippen LogP contribution < -0.4 is 5.32 Å². The number of guanidine groups is 1. The lowest BCUT2D eigenvalue weighted by Crippen LogP contribution is -2.40. The van der Waals surface area contributed by atoms with Crippen LogP contribution in [-0.4, -0.2) is 49.6 Å². The van der Waals surface area contributed by atoms with Gasteiger partial charge in [0.25, 0.3) is 0 Å². The first-order chi connectivity index (χ1) is 8.67. The second kappa shape index (κ2) is 11.1. The zero-order valence-electron chi connectivity index (χ0n) is 12.8. The number of rotatable bonds is 6. The zero-order chi connectivity index (χ0) is 13.4. The Balaban J connectivity index is 0.00000324. The van der Waals surface area contributed by atoms with Crippen LogP contribution in [0.5, 0.6) is 0 Å². The Morgan fingerprint density at radius 2 is 2.21 bits per heavy atom. The van der Waals surface area contributed by atoms with Gasteiger partial charge in [-0.25, -0.2) is 0 Å². The molecule has 1 heterocycles. The SMILES string of the molecule is CN=C(NCCCSC)N1CCC(CC(C)C)C1.I. The van der Waals surface area contributed by atoms with Gasteiger partial charge in [-0.05, 0) is 43.1 Å². The van der Waals surface area contributed by atoms with Crippen molar-refractivity contribution in [1.82, 2.24) is 10.2 Å². The van der Waals surface area contributed by atoms with Crippen molar-refractivity contribution in [2.24, 2.45) is 16.8 Å². The Labute approximate surface area is 140 Å². The van der Waals surface area contributed by atoms with E-state index in [1.165, 1.54) is 38.1 Å². The Bertz CT molecular complexity index is 259. The minimum absolute atomic E-state index is 0. The molecule has 0 radical (unpaired) electrons. The van der Waals surface area contributed by atoms with Crippen molar-refractivity contribution < 1.29 is 0 Å². The largest absolute Gasteiger partial charge is 0.356 e. The monoisotopic (exact) mass is 399 g/mol. The number of nitrogens with zero attached hydrogens (tertiary/aromatic N) is 2. The third-order valence-corrected chi connectivity index (χ3v) is 4.11. The molecule has 0 aromatic heterocycles. The standard InChI is InChI=1S/C14H29N3S.HI/c1-12(2)10-13-6-8-17(11-13)14(15-3)16-7-5-9-18-4;/h12-13H,5-11H2,1-4H3,(H,15,16);1H. The molecule has 1 unspecified atom stereocenters. The summed E-state index contributed by atoms with van der Waals surface area (Å²) >= 11 is 1.91. The second-order valence-electron chi connectivity index (χ2n) is 5.55. The molecule has 19 heavy (non-hydrogen) atoms. The fraction of sp³-hybridized carbons (Fsp3) is 0.929. The van der Waals surface area contributed by atoms with E-state index in [0.29, 0.717) is 0 Å². The van der Waals surface area contributed by atoms with Gasteiger partial charge >= 0.3 is 0 Å². The number of halogens is 1. The van der Waals surface area contributed by atoms with Crippen LogP contribution in [0.4, 0.5) is 0 Å². The fourth-order valence-electron chi connectivity index (χ4n) is 2.63. The normalized spacial score (nSPS) is 19.7. The number of nitrogens with one attached hydrogen (secondary N) is 1. The lowest BCUT2D eigenvalue weighted by molar-refractivity contribution is 0.403. The van der Waals surface area contributed by atoms with E-state index in [2.05, 4.69) is 35.3 Å². The topological polar surface area (TPSA) is 27.6 Å². The highest BCUT2D eigenvalue weighted by Crippen LogP contribution is 2.23. The Morgan fingerprint density at radius 1 is 1.47 bits per heavy atom. The molecule has 0 bridgehead atoms. The third kappa shape index (κ3) is 7.63. The van der Waals surface area contributed by atoms with E-state index in [-0.39, 0.29) is 24.0 Å². The summed E-state index contributed by atoms with van der Waals surface area (Å²) in [5.74, 6) is 3.99. The van der Waals surface area contributed by atoms with Crippen LogP contribution in [0.1, 0.15) is 33.1 Å². The third-order valence-electron chi connectivity index (χ3n) is 3.41. The molecule has 0 saturated carbocycles. The van der Waals surface area contributed by atoms with Crippen molar-refractivity contribution in [3.05, 3.63) is 0 Å². The predicted molar refractivity (Wildman–Crippen MR) is 98.9 cm³/mol. The molecule has 3 nitrogen and oxygen atoms in total. The average molecular weight is 399 g/mol. The van der Waals surface area contributed by atoms with Crippen LogP contribution in [-0.2, 0) is 0 Å². The summed E-state index contributed by atoms with van der Waals surface area (Å²) in [6, 6.07) is 0. The molecule has 0 amide bonds. The van der Waals surface area contributed by atoms with Crippen LogP contribution in [0, 0.1) is 11.8 Å². The zero-order valence-corrected chi connectivity index (χ0v) is 16.0. The van der Waals surface area contributed by atoms with Crippen molar-refractivity contribution >= 4 is 41.7 Å². The molecule has 1 N–H and O–H groups in total. The van der Waals surface area contributed by atoms with Gasteiger partial charge in [-0.15, -0.1) is 24.0 Å². The van der Waals surface area contributed by atoms with Crippen LogP contribution in [0.2, 0.25) is 0 Å². The molecule has 114 valence electrons. The van der Waals surface area contributed by atoms with Gasteiger partial charge in [0.1, 0.15) is 0 Å². The van der Waals surface area contributed by atoms with E-state index in [4.69, 9.17) is 0 Å². The first-order valence-corrected chi connectivity index (χ1v) is 8.51. The predicted octanol–water partition coefficient (Wildman–Crippen LogP) is 3.30. The number of likely N-dealkylation sites (tertiary alicyclic amines) is 1. The van der Waals surface area contributed by atoms with Gasteiger partial charge in [-0.2, -0.15) is 11.8 Å². The van der Waals surface area contributed by atoms with Crippen LogP contribution in [0.15, 0.2) is 4.99 Å². The highest BCUT2D eigenvalue weighted by atomic mass is 127. The molecule has 1 saturated heterocycles. The minimum Gasteiger partial charge on any atom is -0.356 e. The summed E-state index contributed by atoms with van der Waals surface area (Å²) in [6.45, 7) is 8.02. The van der Waals surface area contributed by atoms with Gasteiger partial charge in [-0.3, -0.25) is 4.99 Å². The lowest BCUT2D eigenvalue weighted by atomic mass is 9.97. The molecule has 1 aliphatic rings. The molecule has 1 aliphatic heterocycles. The molecular weight excluding hydrogens is 369 g/mol. The molecule has 0 spiro atoms. The summed E-state index contributed by atoms with van der Waals surface area (Å²) in [4.78, 5) is 6.83. The molecule has 0 aromatic rings. The molecular formula is C14H30IN3S. The summed E-state index contributed by atoms with van der Waals surface area (Å²) < 4.78 is 0. The minimum atomic E-state index is 0. The molecule has 0 aliphatic carbocycles. The van der Waals surface area contributed by atoms with Gasteiger partial charge in [0.15, 0.2) is 5.96 Å². The quantitative estimate of drug-likeness (QED) is 0.322. The molecule has 5 heteroatoms. The first-order valence-electron chi connectivity index (χ1n) is 7.12. The van der Waals surface area contributed by atoms with Gasteiger partial charge in [0, 0.05) is 26.7 Å². The highest BCUT2D eigenvalue weighted by Gasteiger charge is 2.24. The van der Waals surface area contributed by atoms with Gasteiger partial charge in [0.2, 0.25) is 0 Å². The second-order valence-corrected chi connectivity index (χ2v) is 6.54. The first kappa shape index (κ1) is 19.4. The average Bonchev–Trinajstić information content (AvgIpc) is 2.77. The fourth-order valence-corrected chi connectivity index (χ4v) is 3.07. The maximum absolute atomic E-state index is 4.41. The van der Waals surface area contributed by atoms with E-state index in [1.54, 1.807) is 0 Å². The lowest BCUT2D eigenvalue weighted by Gasteiger charge is -2.22. The number of hydrogen-bond donors (Lipinski definition) is 1. The van der Waals surface area contributed by atoms with Crippen LogP contribution in [0.3, 0.4) is 0 Å². The van der Waals surface area contributed by atoms with E-state index in [0.717, 1.165) is 24.3 Å². The van der Waals surface area contributed by atoms with Gasteiger partial charge in [-0.1, -0.05) is 13.8 Å². The molecule has 1 fully saturated rings. The van der Waals surface area contributed by atoms with Gasteiger partial charge in [0.05, 0.1) is 0 Å². The van der Waals surface area contributed by atoms with Gasteiger partial charge < -0.3 is 10.2 Å². The van der Waals surface area contributed by atoms with Crippen molar-refractivity contribution in [2.75, 3.05) is 38.7 Å². The van der Waals surface area contributed by atoms with E-state index in [1.807, 2.05) is 18.8 Å². The van der Waals surface area contributed by atoms with Crippen molar-refractivity contribution in [3.63, 3.8) is 0 Å². The number of thioether (sulfide) groups is 1. The number of aliphatic imine (C=N–C) groups is 1. The van der Waals surface area contributed by atoms with Crippen molar-refractivity contribution in [2.45, 2.75) is 33.1 Å².